The Hall–Kier alpha value is -3.00. The normalized spacial score (nSPS) is 11.8. The van der Waals surface area contributed by atoms with E-state index in [1.54, 1.807) is 19.1 Å². The highest BCUT2D eigenvalue weighted by Crippen LogP contribution is 2.33. The Labute approximate surface area is 159 Å². The summed E-state index contributed by atoms with van der Waals surface area (Å²) in [6, 6.07) is 13.0. The van der Waals surface area contributed by atoms with Crippen LogP contribution in [-0.4, -0.2) is 34.4 Å². The zero-order valence-corrected chi connectivity index (χ0v) is 15.5. The number of imide groups is 1. The topological polar surface area (TPSA) is 84.0 Å². The van der Waals surface area contributed by atoms with Gasteiger partial charge in [0, 0.05) is 23.4 Å². The molecule has 1 heterocycles. The van der Waals surface area contributed by atoms with Crippen LogP contribution in [0.1, 0.15) is 6.92 Å². The zero-order chi connectivity index (χ0) is 19.4. The van der Waals surface area contributed by atoms with Crippen molar-refractivity contribution in [2.24, 2.45) is 0 Å². The molecule has 6 nitrogen and oxygen atoms in total. The summed E-state index contributed by atoms with van der Waals surface area (Å²) in [5.74, 6) is -0.744. The number of hydrogen-bond donors (Lipinski definition) is 2. The van der Waals surface area contributed by atoms with Gasteiger partial charge in [0.05, 0.1) is 5.25 Å². The SMILES string of the molecule is CNC(=O)NC(=O)[C@H](C)Sc1nnc(-c2ccc(F)cc2)c2ccccc12. The minimum Gasteiger partial charge on any atom is -0.341 e. The molecule has 0 bridgehead atoms. The van der Waals surface area contributed by atoms with Crippen LogP contribution < -0.4 is 10.6 Å². The van der Waals surface area contributed by atoms with E-state index in [1.807, 2.05) is 24.3 Å². The molecule has 0 radical (unpaired) electrons. The number of hydrogen-bond acceptors (Lipinski definition) is 5. The molecule has 8 heteroatoms. The van der Waals surface area contributed by atoms with Crippen LogP contribution in [0.4, 0.5) is 9.18 Å². The molecule has 0 aliphatic rings. The van der Waals surface area contributed by atoms with E-state index in [4.69, 9.17) is 0 Å². The van der Waals surface area contributed by atoms with Crippen LogP contribution in [0, 0.1) is 5.82 Å². The number of urea groups is 1. The summed E-state index contributed by atoms with van der Waals surface area (Å²) in [7, 11) is 1.44. The van der Waals surface area contributed by atoms with E-state index in [9.17, 15) is 14.0 Å². The van der Waals surface area contributed by atoms with E-state index >= 15 is 0 Å². The lowest BCUT2D eigenvalue weighted by atomic mass is 10.1. The Kier molecular flexibility index (Phi) is 5.66. The van der Waals surface area contributed by atoms with E-state index in [-0.39, 0.29) is 5.82 Å². The molecule has 3 aromatic rings. The molecule has 27 heavy (non-hydrogen) atoms. The molecule has 0 unspecified atom stereocenters. The van der Waals surface area contributed by atoms with Crippen LogP contribution in [0.5, 0.6) is 0 Å². The minimum absolute atomic E-state index is 0.320. The Bertz CT molecular complexity index is 995. The molecule has 0 aliphatic heterocycles. The van der Waals surface area contributed by atoms with Gasteiger partial charge in [0.1, 0.15) is 16.5 Å². The first-order valence-corrected chi connectivity index (χ1v) is 9.08. The van der Waals surface area contributed by atoms with E-state index < -0.39 is 17.2 Å². The lowest BCUT2D eigenvalue weighted by Gasteiger charge is -2.13. The third-order valence-corrected chi connectivity index (χ3v) is 4.98. The van der Waals surface area contributed by atoms with Crippen LogP contribution >= 0.6 is 11.8 Å². The number of nitrogens with zero attached hydrogens (tertiary/aromatic N) is 2. The smallest absolute Gasteiger partial charge is 0.321 e. The molecule has 0 aliphatic carbocycles. The van der Waals surface area contributed by atoms with Crippen molar-refractivity contribution in [3.63, 3.8) is 0 Å². The van der Waals surface area contributed by atoms with Crippen LogP contribution in [-0.2, 0) is 4.79 Å². The molecule has 138 valence electrons. The summed E-state index contributed by atoms with van der Waals surface area (Å²) in [6.07, 6.45) is 0. The number of carbonyl (C=O) groups is 2. The first kappa shape index (κ1) is 18.8. The second-order valence-electron chi connectivity index (χ2n) is 5.73. The lowest BCUT2D eigenvalue weighted by Crippen LogP contribution is -2.41. The predicted octanol–water partition coefficient (Wildman–Crippen LogP) is 3.37. The van der Waals surface area contributed by atoms with Gasteiger partial charge in [-0.05, 0) is 31.2 Å². The molecule has 2 N–H and O–H groups in total. The molecule has 0 spiro atoms. The maximum atomic E-state index is 13.2. The zero-order valence-electron chi connectivity index (χ0n) is 14.7. The van der Waals surface area contributed by atoms with Gasteiger partial charge in [-0.3, -0.25) is 10.1 Å². The molecular weight excluding hydrogens is 367 g/mol. The van der Waals surface area contributed by atoms with Gasteiger partial charge in [0.25, 0.3) is 0 Å². The van der Waals surface area contributed by atoms with Crippen molar-refractivity contribution in [1.82, 2.24) is 20.8 Å². The highest BCUT2D eigenvalue weighted by molar-refractivity contribution is 8.00. The monoisotopic (exact) mass is 384 g/mol. The number of amides is 3. The number of fused-ring (bicyclic) bond motifs is 1. The Morgan fingerprint density at radius 1 is 1.04 bits per heavy atom. The van der Waals surface area contributed by atoms with Crippen LogP contribution in [0.25, 0.3) is 22.0 Å². The van der Waals surface area contributed by atoms with Crippen molar-refractivity contribution in [3.05, 3.63) is 54.3 Å². The van der Waals surface area contributed by atoms with Gasteiger partial charge in [-0.15, -0.1) is 10.2 Å². The van der Waals surface area contributed by atoms with Crippen molar-refractivity contribution < 1.29 is 14.0 Å². The standard InChI is InChI=1S/C19H17FN4O2S/c1-11(17(25)22-19(26)21-2)27-18-15-6-4-3-5-14(15)16(23-24-18)12-7-9-13(20)10-8-12/h3-11H,1-2H3,(H2,21,22,25,26)/t11-/m0/s1. The molecular formula is C19H17FN4O2S. The minimum atomic E-state index is -0.560. The van der Waals surface area contributed by atoms with Crippen molar-refractivity contribution in [2.75, 3.05) is 7.05 Å². The second kappa shape index (κ2) is 8.13. The fraction of sp³-hybridized carbons (Fsp3) is 0.158. The summed E-state index contributed by atoms with van der Waals surface area (Å²) in [5, 5.41) is 14.9. The summed E-state index contributed by atoms with van der Waals surface area (Å²) in [4.78, 5) is 23.4. The average molecular weight is 384 g/mol. The van der Waals surface area contributed by atoms with Gasteiger partial charge in [-0.2, -0.15) is 0 Å². The van der Waals surface area contributed by atoms with Crippen LogP contribution in [0.3, 0.4) is 0 Å². The average Bonchev–Trinajstić information content (AvgIpc) is 2.68. The third kappa shape index (κ3) is 4.22. The lowest BCUT2D eigenvalue weighted by molar-refractivity contribution is -0.119. The molecule has 0 saturated heterocycles. The molecule has 1 aromatic heterocycles. The first-order valence-electron chi connectivity index (χ1n) is 8.20. The fourth-order valence-corrected chi connectivity index (χ4v) is 3.38. The quantitative estimate of drug-likeness (QED) is 0.674. The van der Waals surface area contributed by atoms with E-state index in [1.165, 1.54) is 30.9 Å². The number of thioether (sulfide) groups is 1. The summed E-state index contributed by atoms with van der Waals surface area (Å²) < 4.78 is 13.2. The highest BCUT2D eigenvalue weighted by atomic mass is 32.2. The van der Waals surface area contributed by atoms with Crippen molar-refractivity contribution >= 4 is 34.5 Å². The van der Waals surface area contributed by atoms with Gasteiger partial charge < -0.3 is 5.32 Å². The van der Waals surface area contributed by atoms with Gasteiger partial charge in [-0.25, -0.2) is 9.18 Å². The Balaban J connectivity index is 1.94. The maximum Gasteiger partial charge on any atom is 0.321 e. The van der Waals surface area contributed by atoms with Gasteiger partial charge in [0.2, 0.25) is 5.91 Å². The highest BCUT2D eigenvalue weighted by Gasteiger charge is 2.20. The van der Waals surface area contributed by atoms with E-state index in [2.05, 4.69) is 20.8 Å². The van der Waals surface area contributed by atoms with Crippen molar-refractivity contribution in [1.29, 1.82) is 0 Å². The van der Waals surface area contributed by atoms with E-state index in [0.717, 1.165) is 16.3 Å². The van der Waals surface area contributed by atoms with Gasteiger partial charge >= 0.3 is 6.03 Å². The summed E-state index contributed by atoms with van der Waals surface area (Å²) in [5.41, 5.74) is 1.39. The van der Waals surface area contributed by atoms with Crippen molar-refractivity contribution in [2.45, 2.75) is 17.2 Å². The Morgan fingerprint density at radius 2 is 1.70 bits per heavy atom. The molecule has 3 amide bonds. The fourth-order valence-electron chi connectivity index (χ4n) is 2.48. The molecule has 0 saturated carbocycles. The number of aromatic nitrogens is 2. The number of benzene rings is 2. The summed E-state index contributed by atoms with van der Waals surface area (Å²) >= 11 is 1.21. The van der Waals surface area contributed by atoms with Crippen molar-refractivity contribution in [3.8, 4) is 11.3 Å². The first-order chi connectivity index (χ1) is 13.0. The molecule has 1 atom stereocenters. The third-order valence-electron chi connectivity index (χ3n) is 3.89. The van der Waals surface area contributed by atoms with Crippen LogP contribution in [0.2, 0.25) is 0 Å². The largest absolute Gasteiger partial charge is 0.341 e. The second-order valence-corrected chi connectivity index (χ2v) is 7.06. The molecule has 2 aromatic carbocycles. The molecule has 3 rings (SSSR count). The number of rotatable bonds is 4. The maximum absolute atomic E-state index is 13.2. The number of nitrogens with one attached hydrogen (secondary N) is 2. The summed E-state index contributed by atoms with van der Waals surface area (Å²) in [6.45, 7) is 1.69. The number of halogens is 1. The van der Waals surface area contributed by atoms with Gasteiger partial charge in [0.15, 0.2) is 0 Å². The van der Waals surface area contributed by atoms with Gasteiger partial charge in [-0.1, -0.05) is 36.0 Å². The van der Waals surface area contributed by atoms with E-state index in [0.29, 0.717) is 10.7 Å². The van der Waals surface area contributed by atoms with Crippen LogP contribution in [0.15, 0.2) is 53.6 Å². The number of carbonyl (C=O) groups excluding carboxylic acids is 2. The Morgan fingerprint density at radius 3 is 2.37 bits per heavy atom. The molecule has 0 fully saturated rings. The predicted molar refractivity (Wildman–Crippen MR) is 103 cm³/mol.